The van der Waals surface area contributed by atoms with Crippen LogP contribution in [0.15, 0.2) is 36.4 Å². The molecule has 2 N–H and O–H groups in total. The summed E-state index contributed by atoms with van der Waals surface area (Å²) in [6.45, 7) is 2.58. The van der Waals surface area contributed by atoms with Gasteiger partial charge in [-0.2, -0.15) is 0 Å². The SMILES string of the molecule is Cc1ccc(CNc2cc(C(=O)O)cc(Cl)n2)cc1. The average molecular weight is 277 g/mol. The largest absolute Gasteiger partial charge is 0.478 e. The molecular weight excluding hydrogens is 264 g/mol. The van der Waals surface area contributed by atoms with Crippen molar-refractivity contribution in [3.63, 3.8) is 0 Å². The van der Waals surface area contributed by atoms with Gasteiger partial charge in [0.15, 0.2) is 0 Å². The van der Waals surface area contributed by atoms with Crippen LogP contribution in [0.3, 0.4) is 0 Å². The molecule has 1 aromatic heterocycles. The van der Waals surface area contributed by atoms with Gasteiger partial charge in [0.05, 0.1) is 5.56 Å². The lowest BCUT2D eigenvalue weighted by Crippen LogP contribution is -2.04. The number of aromatic nitrogens is 1. The first-order chi connectivity index (χ1) is 9.04. The fourth-order valence-corrected chi connectivity index (χ4v) is 1.82. The second kappa shape index (κ2) is 5.71. The van der Waals surface area contributed by atoms with E-state index < -0.39 is 5.97 Å². The summed E-state index contributed by atoms with van der Waals surface area (Å²) in [6, 6.07) is 10.8. The minimum atomic E-state index is -1.03. The summed E-state index contributed by atoms with van der Waals surface area (Å²) >= 11 is 5.78. The summed E-state index contributed by atoms with van der Waals surface area (Å²) < 4.78 is 0. The van der Waals surface area contributed by atoms with Crippen LogP contribution in [-0.2, 0) is 6.54 Å². The molecule has 0 bridgehead atoms. The highest BCUT2D eigenvalue weighted by Crippen LogP contribution is 2.15. The van der Waals surface area contributed by atoms with Crippen molar-refractivity contribution in [1.29, 1.82) is 0 Å². The number of carboxylic acids is 1. The summed E-state index contributed by atoms with van der Waals surface area (Å²) in [5.74, 6) is -0.576. The number of nitrogens with zero attached hydrogens (tertiary/aromatic N) is 1. The zero-order chi connectivity index (χ0) is 13.8. The van der Waals surface area contributed by atoms with Gasteiger partial charge in [0, 0.05) is 6.54 Å². The van der Waals surface area contributed by atoms with Gasteiger partial charge in [-0.3, -0.25) is 0 Å². The molecule has 0 aliphatic carbocycles. The van der Waals surface area contributed by atoms with Gasteiger partial charge in [0.25, 0.3) is 0 Å². The summed E-state index contributed by atoms with van der Waals surface area (Å²) in [7, 11) is 0. The molecule has 0 saturated heterocycles. The normalized spacial score (nSPS) is 10.2. The van der Waals surface area contributed by atoms with Gasteiger partial charge in [-0.15, -0.1) is 0 Å². The second-order valence-electron chi connectivity index (χ2n) is 4.21. The molecule has 0 radical (unpaired) electrons. The number of hydrogen-bond acceptors (Lipinski definition) is 3. The Bertz CT molecular complexity index is 597. The molecule has 0 unspecified atom stereocenters. The molecule has 0 saturated carbocycles. The number of carbonyl (C=O) groups is 1. The Labute approximate surface area is 116 Å². The van der Waals surface area contributed by atoms with Crippen molar-refractivity contribution in [3.05, 3.63) is 58.2 Å². The fraction of sp³-hybridized carbons (Fsp3) is 0.143. The summed E-state index contributed by atoms with van der Waals surface area (Å²) in [5, 5.41) is 12.2. The predicted octanol–water partition coefficient (Wildman–Crippen LogP) is 3.35. The topological polar surface area (TPSA) is 62.2 Å². The number of aryl methyl sites for hydroxylation is 1. The lowest BCUT2D eigenvalue weighted by molar-refractivity contribution is 0.0697. The average Bonchev–Trinajstić information content (AvgIpc) is 2.37. The number of halogens is 1. The van der Waals surface area contributed by atoms with E-state index in [4.69, 9.17) is 16.7 Å². The van der Waals surface area contributed by atoms with Crippen LogP contribution in [0.25, 0.3) is 0 Å². The van der Waals surface area contributed by atoms with Crippen molar-refractivity contribution in [2.24, 2.45) is 0 Å². The maximum atomic E-state index is 10.9. The highest BCUT2D eigenvalue weighted by molar-refractivity contribution is 6.29. The number of rotatable bonds is 4. The standard InChI is InChI=1S/C14H13ClN2O2/c1-9-2-4-10(5-3-9)8-16-13-7-11(14(18)19)6-12(15)17-13/h2-7H,8H2,1H3,(H,16,17)(H,18,19). The van der Waals surface area contributed by atoms with E-state index in [0.717, 1.165) is 5.56 Å². The number of hydrogen-bond donors (Lipinski definition) is 2. The Balaban J connectivity index is 2.11. The molecule has 0 spiro atoms. The van der Waals surface area contributed by atoms with Crippen LogP contribution in [-0.4, -0.2) is 16.1 Å². The third-order valence-corrected chi connectivity index (χ3v) is 2.83. The first-order valence-corrected chi connectivity index (χ1v) is 6.13. The van der Waals surface area contributed by atoms with Gasteiger partial charge in [-0.1, -0.05) is 41.4 Å². The van der Waals surface area contributed by atoms with Crippen LogP contribution in [0.4, 0.5) is 5.82 Å². The minimum Gasteiger partial charge on any atom is -0.478 e. The van der Waals surface area contributed by atoms with Gasteiger partial charge in [-0.05, 0) is 24.6 Å². The van der Waals surface area contributed by atoms with Crippen LogP contribution in [0.1, 0.15) is 21.5 Å². The lowest BCUT2D eigenvalue weighted by Gasteiger charge is -2.07. The number of carboxylic acid groups (broad SMARTS) is 1. The molecule has 1 heterocycles. The van der Waals surface area contributed by atoms with E-state index >= 15 is 0 Å². The van der Waals surface area contributed by atoms with E-state index in [0.29, 0.717) is 12.4 Å². The number of anilines is 1. The molecule has 0 aliphatic rings. The molecular formula is C14H13ClN2O2. The van der Waals surface area contributed by atoms with Crippen molar-refractivity contribution < 1.29 is 9.90 Å². The van der Waals surface area contributed by atoms with E-state index in [1.165, 1.54) is 17.7 Å². The Morgan fingerprint density at radius 3 is 2.63 bits per heavy atom. The maximum absolute atomic E-state index is 10.9. The summed E-state index contributed by atoms with van der Waals surface area (Å²) in [4.78, 5) is 14.9. The van der Waals surface area contributed by atoms with Crippen molar-refractivity contribution in [2.45, 2.75) is 13.5 Å². The van der Waals surface area contributed by atoms with E-state index in [2.05, 4.69) is 10.3 Å². The van der Waals surface area contributed by atoms with E-state index in [-0.39, 0.29) is 10.7 Å². The highest BCUT2D eigenvalue weighted by Gasteiger charge is 2.07. The lowest BCUT2D eigenvalue weighted by atomic mass is 10.1. The van der Waals surface area contributed by atoms with Crippen LogP contribution in [0, 0.1) is 6.92 Å². The smallest absolute Gasteiger partial charge is 0.335 e. The van der Waals surface area contributed by atoms with Crippen molar-refractivity contribution in [3.8, 4) is 0 Å². The van der Waals surface area contributed by atoms with Crippen LogP contribution >= 0.6 is 11.6 Å². The fourth-order valence-electron chi connectivity index (χ4n) is 1.61. The molecule has 2 aromatic rings. The molecule has 98 valence electrons. The van der Waals surface area contributed by atoms with Gasteiger partial charge in [0.1, 0.15) is 11.0 Å². The molecule has 0 amide bonds. The Morgan fingerprint density at radius 1 is 1.32 bits per heavy atom. The Hall–Kier alpha value is -2.07. The van der Waals surface area contributed by atoms with E-state index in [1.807, 2.05) is 31.2 Å². The third kappa shape index (κ3) is 3.69. The third-order valence-electron chi connectivity index (χ3n) is 2.64. The Kier molecular flexibility index (Phi) is 4.02. The molecule has 1 aromatic carbocycles. The molecule has 0 fully saturated rings. The minimum absolute atomic E-state index is 0.117. The van der Waals surface area contributed by atoms with Gasteiger partial charge < -0.3 is 10.4 Å². The number of nitrogens with one attached hydrogen (secondary N) is 1. The van der Waals surface area contributed by atoms with Crippen LogP contribution in [0.5, 0.6) is 0 Å². The van der Waals surface area contributed by atoms with Crippen molar-refractivity contribution in [1.82, 2.24) is 4.98 Å². The highest BCUT2D eigenvalue weighted by atomic mass is 35.5. The molecule has 0 aliphatic heterocycles. The van der Waals surface area contributed by atoms with Crippen molar-refractivity contribution in [2.75, 3.05) is 5.32 Å². The van der Waals surface area contributed by atoms with Gasteiger partial charge in [-0.25, -0.2) is 9.78 Å². The number of benzene rings is 1. The van der Waals surface area contributed by atoms with Crippen LogP contribution < -0.4 is 5.32 Å². The zero-order valence-corrected chi connectivity index (χ0v) is 11.1. The molecule has 2 rings (SSSR count). The second-order valence-corrected chi connectivity index (χ2v) is 4.60. The van der Waals surface area contributed by atoms with Crippen LogP contribution in [0.2, 0.25) is 5.15 Å². The molecule has 19 heavy (non-hydrogen) atoms. The maximum Gasteiger partial charge on any atom is 0.335 e. The summed E-state index contributed by atoms with van der Waals surface area (Å²) in [5.41, 5.74) is 2.40. The van der Waals surface area contributed by atoms with Crippen molar-refractivity contribution >= 4 is 23.4 Å². The van der Waals surface area contributed by atoms with Gasteiger partial charge in [0.2, 0.25) is 0 Å². The Morgan fingerprint density at radius 2 is 2.00 bits per heavy atom. The monoisotopic (exact) mass is 276 g/mol. The molecule has 4 nitrogen and oxygen atoms in total. The predicted molar refractivity (Wildman–Crippen MR) is 74.7 cm³/mol. The summed E-state index contributed by atoms with van der Waals surface area (Å²) in [6.07, 6.45) is 0. The first-order valence-electron chi connectivity index (χ1n) is 5.75. The molecule has 5 heteroatoms. The molecule has 0 atom stereocenters. The van der Waals surface area contributed by atoms with E-state index in [9.17, 15) is 4.79 Å². The van der Waals surface area contributed by atoms with E-state index in [1.54, 1.807) is 0 Å². The zero-order valence-electron chi connectivity index (χ0n) is 10.4. The van der Waals surface area contributed by atoms with Gasteiger partial charge >= 0.3 is 5.97 Å². The first kappa shape index (κ1) is 13.4. The number of pyridine rings is 1. The quantitative estimate of drug-likeness (QED) is 0.841. The number of aromatic carboxylic acids is 1.